The molecule has 0 aliphatic rings. The lowest BCUT2D eigenvalue weighted by Crippen LogP contribution is -2.01. The Hall–Kier alpha value is -2.69. The molecule has 3 aromatic rings. The van der Waals surface area contributed by atoms with Crippen molar-refractivity contribution in [3.63, 3.8) is 0 Å². The lowest BCUT2D eigenvalue weighted by molar-refractivity contribution is 0.417. The zero-order valence-corrected chi connectivity index (χ0v) is 11.1. The normalized spacial score (nSPS) is 10.7. The van der Waals surface area contributed by atoms with Crippen LogP contribution in [0.5, 0.6) is 5.75 Å². The van der Waals surface area contributed by atoms with E-state index in [2.05, 4.69) is 15.2 Å². The Morgan fingerprint density at radius 1 is 1.05 bits per heavy atom. The fraction of sp³-hybridized carbons (Fsp3) is 0.133. The van der Waals surface area contributed by atoms with Gasteiger partial charge in [0.15, 0.2) is 5.82 Å². The maximum atomic E-state index is 5.89. The van der Waals surface area contributed by atoms with Gasteiger partial charge in [-0.25, -0.2) is 4.98 Å². The maximum Gasteiger partial charge on any atom is 0.156 e. The fourth-order valence-electron chi connectivity index (χ4n) is 2.07. The smallest absolute Gasteiger partial charge is 0.156 e. The first-order valence-electron chi connectivity index (χ1n) is 6.27. The standard InChI is InChI=1S/C15H14N4O/c1-20-14-7-6-10(8-11(14)16)9-15-17-12-4-2-3-5-13(12)18-19-15/h2-8H,9,16H2,1H3. The molecular formula is C15H14N4O. The summed E-state index contributed by atoms with van der Waals surface area (Å²) in [5.74, 6) is 1.35. The van der Waals surface area contributed by atoms with Gasteiger partial charge in [-0.2, -0.15) is 0 Å². The molecule has 0 spiro atoms. The van der Waals surface area contributed by atoms with Gasteiger partial charge in [0, 0.05) is 6.42 Å². The van der Waals surface area contributed by atoms with Crippen LogP contribution < -0.4 is 10.5 Å². The molecule has 1 heterocycles. The van der Waals surface area contributed by atoms with Crippen molar-refractivity contribution in [2.75, 3.05) is 12.8 Å². The van der Waals surface area contributed by atoms with E-state index in [9.17, 15) is 0 Å². The minimum Gasteiger partial charge on any atom is -0.495 e. The third kappa shape index (κ3) is 2.38. The van der Waals surface area contributed by atoms with Crippen molar-refractivity contribution >= 4 is 16.7 Å². The van der Waals surface area contributed by atoms with E-state index in [1.807, 2.05) is 42.5 Å². The third-order valence-corrected chi connectivity index (χ3v) is 3.06. The fourth-order valence-corrected chi connectivity index (χ4v) is 2.07. The van der Waals surface area contributed by atoms with Gasteiger partial charge in [-0.3, -0.25) is 0 Å². The minimum absolute atomic E-state index is 0.589. The largest absolute Gasteiger partial charge is 0.495 e. The van der Waals surface area contributed by atoms with Crippen molar-refractivity contribution in [2.24, 2.45) is 0 Å². The van der Waals surface area contributed by atoms with Crippen LogP contribution in [0, 0.1) is 0 Å². The molecule has 3 rings (SSSR count). The summed E-state index contributed by atoms with van der Waals surface area (Å²) < 4.78 is 5.14. The third-order valence-electron chi connectivity index (χ3n) is 3.06. The molecule has 2 N–H and O–H groups in total. The molecule has 0 unspecified atom stereocenters. The van der Waals surface area contributed by atoms with E-state index in [-0.39, 0.29) is 0 Å². The highest BCUT2D eigenvalue weighted by Crippen LogP contribution is 2.22. The van der Waals surface area contributed by atoms with Gasteiger partial charge in [0.05, 0.1) is 18.3 Å². The van der Waals surface area contributed by atoms with Crippen LogP contribution in [-0.4, -0.2) is 22.3 Å². The molecule has 0 amide bonds. The number of benzene rings is 2. The van der Waals surface area contributed by atoms with Crippen molar-refractivity contribution < 1.29 is 4.74 Å². The molecule has 5 nitrogen and oxygen atoms in total. The second-order valence-corrected chi connectivity index (χ2v) is 4.47. The molecule has 0 aliphatic carbocycles. The van der Waals surface area contributed by atoms with Crippen LogP contribution >= 0.6 is 0 Å². The molecule has 2 aromatic carbocycles. The topological polar surface area (TPSA) is 73.9 Å². The summed E-state index contributed by atoms with van der Waals surface area (Å²) in [6.07, 6.45) is 0.589. The summed E-state index contributed by atoms with van der Waals surface area (Å²) in [6, 6.07) is 13.3. The van der Waals surface area contributed by atoms with Crippen molar-refractivity contribution in [2.45, 2.75) is 6.42 Å². The van der Waals surface area contributed by atoms with Gasteiger partial charge in [0.1, 0.15) is 11.3 Å². The van der Waals surface area contributed by atoms with E-state index in [0.717, 1.165) is 16.6 Å². The zero-order chi connectivity index (χ0) is 13.9. The Morgan fingerprint density at radius 3 is 2.60 bits per heavy atom. The molecule has 0 saturated carbocycles. The number of rotatable bonds is 3. The SMILES string of the molecule is COc1ccc(Cc2nnc3ccccc3n2)cc1N. The van der Waals surface area contributed by atoms with E-state index in [4.69, 9.17) is 10.5 Å². The number of fused-ring (bicyclic) bond motifs is 1. The number of aromatic nitrogens is 3. The van der Waals surface area contributed by atoms with Crippen molar-refractivity contribution in [1.82, 2.24) is 15.2 Å². The van der Waals surface area contributed by atoms with Crippen LogP contribution in [0.2, 0.25) is 0 Å². The number of nitrogens with zero attached hydrogens (tertiary/aromatic N) is 3. The number of ether oxygens (including phenoxy) is 1. The number of para-hydroxylation sites is 1. The van der Waals surface area contributed by atoms with E-state index in [1.54, 1.807) is 7.11 Å². The summed E-state index contributed by atoms with van der Waals surface area (Å²) in [7, 11) is 1.60. The van der Waals surface area contributed by atoms with E-state index >= 15 is 0 Å². The van der Waals surface area contributed by atoms with Gasteiger partial charge in [-0.15, -0.1) is 10.2 Å². The Morgan fingerprint density at radius 2 is 1.85 bits per heavy atom. The number of nitrogen functional groups attached to an aromatic ring is 1. The molecule has 0 atom stereocenters. The first-order valence-corrected chi connectivity index (χ1v) is 6.27. The maximum absolute atomic E-state index is 5.89. The first-order chi connectivity index (χ1) is 9.76. The van der Waals surface area contributed by atoms with Crippen LogP contribution in [0.1, 0.15) is 11.4 Å². The highest BCUT2D eigenvalue weighted by Gasteiger charge is 2.05. The summed E-state index contributed by atoms with van der Waals surface area (Å²) in [5.41, 5.74) is 9.18. The Kier molecular flexibility index (Phi) is 3.16. The lowest BCUT2D eigenvalue weighted by atomic mass is 10.1. The van der Waals surface area contributed by atoms with Gasteiger partial charge < -0.3 is 10.5 Å². The van der Waals surface area contributed by atoms with Gasteiger partial charge in [-0.1, -0.05) is 18.2 Å². The number of methoxy groups -OCH3 is 1. The van der Waals surface area contributed by atoms with E-state index in [1.165, 1.54) is 0 Å². The van der Waals surface area contributed by atoms with Gasteiger partial charge >= 0.3 is 0 Å². The number of hydrogen-bond donors (Lipinski definition) is 1. The molecule has 0 radical (unpaired) electrons. The number of anilines is 1. The summed E-state index contributed by atoms with van der Waals surface area (Å²) >= 11 is 0. The molecular weight excluding hydrogens is 252 g/mol. The van der Waals surface area contributed by atoms with Gasteiger partial charge in [0.2, 0.25) is 0 Å². The quantitative estimate of drug-likeness (QED) is 0.736. The van der Waals surface area contributed by atoms with Crippen LogP contribution in [-0.2, 0) is 6.42 Å². The van der Waals surface area contributed by atoms with E-state index in [0.29, 0.717) is 23.7 Å². The summed E-state index contributed by atoms with van der Waals surface area (Å²) in [5, 5.41) is 8.31. The molecule has 100 valence electrons. The molecule has 5 heteroatoms. The zero-order valence-electron chi connectivity index (χ0n) is 11.1. The Bertz CT molecular complexity index is 758. The summed E-state index contributed by atoms with van der Waals surface area (Å²) in [6.45, 7) is 0. The second-order valence-electron chi connectivity index (χ2n) is 4.47. The van der Waals surface area contributed by atoms with E-state index < -0.39 is 0 Å². The first kappa shape index (κ1) is 12.3. The Balaban J connectivity index is 1.90. The molecule has 0 aliphatic heterocycles. The van der Waals surface area contributed by atoms with Crippen molar-refractivity contribution in [1.29, 1.82) is 0 Å². The monoisotopic (exact) mass is 266 g/mol. The van der Waals surface area contributed by atoms with Crippen LogP contribution in [0.15, 0.2) is 42.5 Å². The van der Waals surface area contributed by atoms with Crippen LogP contribution in [0.3, 0.4) is 0 Å². The molecule has 1 aromatic heterocycles. The predicted octanol–water partition coefficient (Wildman–Crippen LogP) is 2.21. The van der Waals surface area contributed by atoms with Crippen LogP contribution in [0.4, 0.5) is 5.69 Å². The van der Waals surface area contributed by atoms with Crippen LogP contribution in [0.25, 0.3) is 11.0 Å². The van der Waals surface area contributed by atoms with Gasteiger partial charge in [0.25, 0.3) is 0 Å². The molecule has 0 saturated heterocycles. The average molecular weight is 266 g/mol. The average Bonchev–Trinajstić information content (AvgIpc) is 2.47. The number of hydrogen-bond acceptors (Lipinski definition) is 5. The Labute approximate surface area is 116 Å². The number of nitrogens with two attached hydrogens (primary N) is 1. The second kappa shape index (κ2) is 5.13. The minimum atomic E-state index is 0.589. The molecule has 0 fully saturated rings. The van der Waals surface area contributed by atoms with Crippen molar-refractivity contribution in [3.8, 4) is 5.75 Å². The highest BCUT2D eigenvalue weighted by atomic mass is 16.5. The lowest BCUT2D eigenvalue weighted by Gasteiger charge is -2.06. The summed E-state index contributed by atoms with van der Waals surface area (Å²) in [4.78, 5) is 4.50. The molecule has 20 heavy (non-hydrogen) atoms. The van der Waals surface area contributed by atoms with Crippen molar-refractivity contribution in [3.05, 3.63) is 53.9 Å². The van der Waals surface area contributed by atoms with Gasteiger partial charge in [-0.05, 0) is 29.8 Å². The molecule has 0 bridgehead atoms. The highest BCUT2D eigenvalue weighted by molar-refractivity contribution is 5.72. The predicted molar refractivity (Wildman–Crippen MR) is 77.5 cm³/mol.